The molecule has 0 unspecified atom stereocenters. The molecular weight excluding hydrogens is 424 g/mol. The quantitative estimate of drug-likeness (QED) is 0.518. The number of aliphatic hydroxyl groups excluding tert-OH is 1. The molecule has 1 aromatic heterocycles. The minimum absolute atomic E-state index is 0.111. The van der Waals surface area contributed by atoms with E-state index in [1.165, 1.54) is 22.5 Å². The number of benzene rings is 2. The lowest BCUT2D eigenvalue weighted by Gasteiger charge is -2.22. The molecule has 0 fully saturated rings. The minimum Gasteiger partial charge on any atom is -0.493 e. The first-order valence-corrected chi connectivity index (χ1v) is 11.4. The zero-order chi connectivity index (χ0) is 23.3. The van der Waals surface area contributed by atoms with Gasteiger partial charge in [-0.2, -0.15) is 0 Å². The normalized spacial score (nSPS) is 10.8. The molecule has 0 atom stereocenters. The van der Waals surface area contributed by atoms with E-state index < -0.39 is 0 Å². The van der Waals surface area contributed by atoms with Gasteiger partial charge in [-0.1, -0.05) is 24.3 Å². The minimum atomic E-state index is -0.169. The van der Waals surface area contributed by atoms with Crippen LogP contribution in [0.1, 0.15) is 32.2 Å². The van der Waals surface area contributed by atoms with Crippen LogP contribution in [-0.4, -0.2) is 54.8 Å². The molecule has 7 heteroatoms. The third-order valence-electron chi connectivity index (χ3n) is 5.48. The number of rotatable bonds is 9. The van der Waals surface area contributed by atoms with E-state index in [2.05, 4.69) is 31.0 Å². The topological polar surface area (TPSA) is 71.9 Å². The van der Waals surface area contributed by atoms with Gasteiger partial charge in [-0.25, -0.2) is 4.98 Å². The number of aliphatic hydroxyl groups is 1. The van der Waals surface area contributed by atoms with Gasteiger partial charge in [0.2, 0.25) is 0 Å². The van der Waals surface area contributed by atoms with E-state index in [1.807, 2.05) is 31.2 Å². The molecule has 1 N–H and O–H groups in total. The van der Waals surface area contributed by atoms with Gasteiger partial charge < -0.3 is 19.5 Å². The highest BCUT2D eigenvalue weighted by atomic mass is 32.1. The van der Waals surface area contributed by atoms with Crippen molar-refractivity contribution in [1.82, 2.24) is 9.88 Å². The number of carbonyl (C=O) groups excluding carboxylic acids is 1. The summed E-state index contributed by atoms with van der Waals surface area (Å²) in [6.45, 7) is 6.63. The van der Waals surface area contributed by atoms with Crippen molar-refractivity contribution in [3.8, 4) is 21.9 Å². The fourth-order valence-electron chi connectivity index (χ4n) is 3.54. The van der Waals surface area contributed by atoms with Crippen molar-refractivity contribution in [2.75, 3.05) is 33.9 Å². The van der Waals surface area contributed by atoms with Gasteiger partial charge in [0.25, 0.3) is 5.91 Å². The van der Waals surface area contributed by atoms with Crippen LogP contribution in [0.25, 0.3) is 10.4 Å². The van der Waals surface area contributed by atoms with E-state index >= 15 is 0 Å². The molecule has 1 heterocycles. The Kier molecular flexibility index (Phi) is 7.88. The summed E-state index contributed by atoms with van der Waals surface area (Å²) in [5.74, 6) is 1.14. The monoisotopic (exact) mass is 454 g/mol. The Morgan fingerprint density at radius 2 is 1.75 bits per heavy atom. The Balaban J connectivity index is 1.85. The second kappa shape index (κ2) is 10.6. The smallest absolute Gasteiger partial charge is 0.274 e. The maximum absolute atomic E-state index is 13.5. The molecule has 3 rings (SSSR count). The summed E-state index contributed by atoms with van der Waals surface area (Å²) in [5.41, 5.74) is 4.83. The molecule has 0 bridgehead atoms. The van der Waals surface area contributed by atoms with Crippen LogP contribution < -0.4 is 9.47 Å². The van der Waals surface area contributed by atoms with Crippen molar-refractivity contribution in [2.45, 2.75) is 27.2 Å². The SMILES string of the molecule is COc1ccc(CCN(CCO)C(=O)c2nc(C)sc2-c2ccc(C)c(C)c2)cc1OC. The largest absolute Gasteiger partial charge is 0.493 e. The molecule has 0 aliphatic carbocycles. The molecule has 0 saturated carbocycles. The van der Waals surface area contributed by atoms with Crippen molar-refractivity contribution < 1.29 is 19.4 Å². The van der Waals surface area contributed by atoms with Gasteiger partial charge in [0.1, 0.15) is 5.69 Å². The first-order chi connectivity index (χ1) is 15.4. The predicted octanol–water partition coefficient (Wildman–Crippen LogP) is 4.43. The van der Waals surface area contributed by atoms with E-state index in [0.29, 0.717) is 30.2 Å². The number of thiazole rings is 1. The van der Waals surface area contributed by atoms with Gasteiger partial charge in [0, 0.05) is 13.1 Å². The highest BCUT2D eigenvalue weighted by molar-refractivity contribution is 7.15. The number of amides is 1. The lowest BCUT2D eigenvalue weighted by atomic mass is 10.0. The summed E-state index contributed by atoms with van der Waals surface area (Å²) in [4.78, 5) is 20.5. The number of ether oxygens (including phenoxy) is 2. The number of aryl methyl sites for hydroxylation is 3. The maximum Gasteiger partial charge on any atom is 0.274 e. The number of aromatic nitrogens is 1. The van der Waals surface area contributed by atoms with Crippen LogP contribution >= 0.6 is 11.3 Å². The fraction of sp³-hybridized carbons (Fsp3) is 0.360. The van der Waals surface area contributed by atoms with Gasteiger partial charge in [0.15, 0.2) is 11.5 Å². The first-order valence-electron chi connectivity index (χ1n) is 10.5. The van der Waals surface area contributed by atoms with Gasteiger partial charge in [-0.05, 0) is 61.6 Å². The average Bonchev–Trinajstić information content (AvgIpc) is 3.19. The molecule has 0 radical (unpaired) electrons. The van der Waals surface area contributed by atoms with Crippen molar-refractivity contribution in [1.29, 1.82) is 0 Å². The summed E-state index contributed by atoms with van der Waals surface area (Å²) in [7, 11) is 3.20. The number of nitrogens with zero attached hydrogens (tertiary/aromatic N) is 2. The number of hydrogen-bond donors (Lipinski definition) is 1. The Hall–Kier alpha value is -2.90. The summed E-state index contributed by atoms with van der Waals surface area (Å²) in [5, 5.41) is 10.4. The predicted molar refractivity (Wildman–Crippen MR) is 128 cm³/mol. The van der Waals surface area contributed by atoms with Gasteiger partial charge in [0.05, 0.1) is 30.7 Å². The van der Waals surface area contributed by atoms with Crippen molar-refractivity contribution in [3.63, 3.8) is 0 Å². The van der Waals surface area contributed by atoms with Gasteiger partial charge in [-0.3, -0.25) is 4.79 Å². The highest BCUT2D eigenvalue weighted by Crippen LogP contribution is 2.32. The number of methoxy groups -OCH3 is 2. The zero-order valence-electron chi connectivity index (χ0n) is 19.3. The molecule has 170 valence electrons. The molecule has 0 spiro atoms. The molecule has 0 aliphatic rings. The summed E-state index contributed by atoms with van der Waals surface area (Å²) < 4.78 is 10.7. The second-order valence-electron chi connectivity index (χ2n) is 7.66. The molecule has 0 aliphatic heterocycles. The Morgan fingerprint density at radius 3 is 2.41 bits per heavy atom. The molecule has 6 nitrogen and oxygen atoms in total. The molecular formula is C25H30N2O4S. The van der Waals surface area contributed by atoms with Crippen LogP contribution in [-0.2, 0) is 6.42 Å². The summed E-state index contributed by atoms with van der Waals surface area (Å²) in [6.07, 6.45) is 0.619. The van der Waals surface area contributed by atoms with Crippen molar-refractivity contribution in [3.05, 3.63) is 63.8 Å². The van der Waals surface area contributed by atoms with Crippen molar-refractivity contribution in [2.24, 2.45) is 0 Å². The lowest BCUT2D eigenvalue weighted by molar-refractivity contribution is 0.0719. The van der Waals surface area contributed by atoms with E-state index in [1.54, 1.807) is 19.1 Å². The Labute approximate surface area is 193 Å². The van der Waals surface area contributed by atoms with E-state index in [4.69, 9.17) is 9.47 Å². The van der Waals surface area contributed by atoms with Gasteiger partial charge in [-0.15, -0.1) is 11.3 Å². The maximum atomic E-state index is 13.5. The Morgan fingerprint density at radius 1 is 1.00 bits per heavy atom. The third-order valence-corrected chi connectivity index (χ3v) is 6.50. The van der Waals surface area contributed by atoms with Crippen LogP contribution in [0.5, 0.6) is 11.5 Å². The van der Waals surface area contributed by atoms with Crippen LogP contribution in [0.3, 0.4) is 0 Å². The first kappa shape index (κ1) is 23.8. The molecule has 32 heavy (non-hydrogen) atoms. The van der Waals surface area contributed by atoms with Gasteiger partial charge >= 0.3 is 0 Å². The van der Waals surface area contributed by atoms with Crippen LogP contribution in [0.2, 0.25) is 0 Å². The number of hydrogen-bond acceptors (Lipinski definition) is 6. The average molecular weight is 455 g/mol. The second-order valence-corrected chi connectivity index (χ2v) is 8.87. The standard InChI is InChI=1S/C25H30N2O4S/c1-16-6-8-20(14-17(16)2)24-23(26-18(3)32-24)25(29)27(12-13-28)11-10-19-7-9-21(30-4)22(15-19)31-5/h6-9,14-15,28H,10-13H2,1-5H3. The van der Waals surface area contributed by atoms with Crippen LogP contribution in [0, 0.1) is 20.8 Å². The lowest BCUT2D eigenvalue weighted by Crippen LogP contribution is -2.35. The van der Waals surface area contributed by atoms with E-state index in [-0.39, 0.29) is 19.1 Å². The highest BCUT2D eigenvalue weighted by Gasteiger charge is 2.24. The third kappa shape index (κ3) is 5.29. The Bertz CT molecular complexity index is 1090. The summed E-state index contributed by atoms with van der Waals surface area (Å²) in [6, 6.07) is 11.9. The molecule has 3 aromatic rings. The summed E-state index contributed by atoms with van der Waals surface area (Å²) >= 11 is 1.52. The van der Waals surface area contributed by atoms with E-state index in [0.717, 1.165) is 21.0 Å². The molecule has 2 aromatic carbocycles. The number of carbonyl (C=O) groups is 1. The molecule has 0 saturated heterocycles. The van der Waals surface area contributed by atoms with Crippen LogP contribution in [0.15, 0.2) is 36.4 Å². The fourth-order valence-corrected chi connectivity index (χ4v) is 4.44. The molecule has 1 amide bonds. The van der Waals surface area contributed by atoms with Crippen molar-refractivity contribution >= 4 is 17.2 Å². The van der Waals surface area contributed by atoms with E-state index in [9.17, 15) is 9.90 Å². The zero-order valence-corrected chi connectivity index (χ0v) is 20.1. The van der Waals surface area contributed by atoms with Crippen LogP contribution in [0.4, 0.5) is 0 Å².